The first kappa shape index (κ1) is 17.8. The van der Waals surface area contributed by atoms with Crippen LogP contribution in [-0.4, -0.2) is 64.7 Å². The van der Waals surface area contributed by atoms with Crippen molar-refractivity contribution in [2.45, 2.75) is 32.4 Å². The standard InChI is InChI=1S/C19H24N4O4/c1-13(2)18-20-17(27-21-18)11-22-7-9-23(10-8-22)19(24)16-12-25-14-5-3-4-6-15(14)26-16/h3-6,13,16H,7-12H2,1-2H3. The number of carbonyl (C=O) groups is 1. The molecule has 144 valence electrons. The minimum atomic E-state index is -0.587. The maximum absolute atomic E-state index is 12.8. The van der Waals surface area contributed by atoms with E-state index in [-0.39, 0.29) is 18.4 Å². The van der Waals surface area contributed by atoms with E-state index in [1.54, 1.807) is 0 Å². The molecule has 1 saturated heterocycles. The lowest BCUT2D eigenvalue weighted by Crippen LogP contribution is -2.53. The summed E-state index contributed by atoms with van der Waals surface area (Å²) in [6.07, 6.45) is -0.587. The maximum Gasteiger partial charge on any atom is 0.267 e. The van der Waals surface area contributed by atoms with Gasteiger partial charge < -0.3 is 18.9 Å². The second kappa shape index (κ2) is 7.56. The molecule has 0 N–H and O–H groups in total. The van der Waals surface area contributed by atoms with Crippen LogP contribution in [0, 0.1) is 0 Å². The van der Waals surface area contributed by atoms with Crippen molar-refractivity contribution < 1.29 is 18.8 Å². The van der Waals surface area contributed by atoms with Crippen LogP contribution in [0.3, 0.4) is 0 Å². The Bertz CT molecular complexity index is 799. The minimum absolute atomic E-state index is 0.0240. The second-order valence-corrected chi connectivity index (χ2v) is 7.17. The first-order chi connectivity index (χ1) is 13.1. The Hall–Kier alpha value is -2.61. The number of hydrogen-bond donors (Lipinski definition) is 0. The average molecular weight is 372 g/mol. The van der Waals surface area contributed by atoms with Gasteiger partial charge in [-0.2, -0.15) is 4.98 Å². The summed E-state index contributed by atoms with van der Waals surface area (Å²) in [4.78, 5) is 21.2. The summed E-state index contributed by atoms with van der Waals surface area (Å²) < 4.78 is 16.8. The summed E-state index contributed by atoms with van der Waals surface area (Å²) in [5.41, 5.74) is 0. The van der Waals surface area contributed by atoms with Crippen LogP contribution in [0.2, 0.25) is 0 Å². The average Bonchev–Trinajstić information content (AvgIpc) is 3.16. The van der Waals surface area contributed by atoms with Gasteiger partial charge in [0.2, 0.25) is 12.0 Å². The van der Waals surface area contributed by atoms with Gasteiger partial charge in [-0.25, -0.2) is 0 Å². The number of ether oxygens (including phenoxy) is 2. The van der Waals surface area contributed by atoms with E-state index < -0.39 is 6.10 Å². The summed E-state index contributed by atoms with van der Waals surface area (Å²) in [6, 6.07) is 7.42. The normalized spacial score (nSPS) is 20.1. The van der Waals surface area contributed by atoms with E-state index in [9.17, 15) is 4.79 Å². The van der Waals surface area contributed by atoms with Gasteiger partial charge in [0.1, 0.15) is 6.61 Å². The molecule has 1 unspecified atom stereocenters. The number of fused-ring (bicyclic) bond motifs is 1. The van der Waals surface area contributed by atoms with Gasteiger partial charge in [0.15, 0.2) is 17.3 Å². The lowest BCUT2D eigenvalue weighted by Gasteiger charge is -2.36. The van der Waals surface area contributed by atoms with Crippen LogP contribution in [0.25, 0.3) is 0 Å². The number of rotatable bonds is 4. The highest BCUT2D eigenvalue weighted by Crippen LogP contribution is 2.31. The van der Waals surface area contributed by atoms with Gasteiger partial charge in [-0.1, -0.05) is 31.1 Å². The number of benzene rings is 1. The molecule has 3 heterocycles. The maximum atomic E-state index is 12.8. The molecule has 1 atom stereocenters. The Morgan fingerprint density at radius 1 is 1.19 bits per heavy atom. The molecule has 27 heavy (non-hydrogen) atoms. The van der Waals surface area contributed by atoms with Gasteiger partial charge in [-0.3, -0.25) is 9.69 Å². The van der Waals surface area contributed by atoms with Crippen molar-refractivity contribution in [2.75, 3.05) is 32.8 Å². The Morgan fingerprint density at radius 3 is 2.63 bits per heavy atom. The van der Waals surface area contributed by atoms with Crippen molar-refractivity contribution in [3.63, 3.8) is 0 Å². The van der Waals surface area contributed by atoms with Crippen LogP contribution in [0.4, 0.5) is 0 Å². The van der Waals surface area contributed by atoms with Gasteiger partial charge in [-0.05, 0) is 12.1 Å². The molecule has 1 fully saturated rings. The van der Waals surface area contributed by atoms with Crippen molar-refractivity contribution in [3.8, 4) is 11.5 Å². The molecule has 1 aromatic heterocycles. The smallest absolute Gasteiger partial charge is 0.267 e. The zero-order chi connectivity index (χ0) is 18.8. The highest BCUT2D eigenvalue weighted by molar-refractivity contribution is 5.82. The second-order valence-electron chi connectivity index (χ2n) is 7.17. The summed E-state index contributed by atoms with van der Waals surface area (Å²) in [5, 5.41) is 4.00. The van der Waals surface area contributed by atoms with Crippen LogP contribution < -0.4 is 9.47 Å². The predicted molar refractivity (Wildman–Crippen MR) is 96.6 cm³/mol. The molecule has 0 bridgehead atoms. The van der Waals surface area contributed by atoms with Gasteiger partial charge in [0.05, 0.1) is 6.54 Å². The quantitative estimate of drug-likeness (QED) is 0.808. The summed E-state index contributed by atoms with van der Waals surface area (Å²) >= 11 is 0. The number of nitrogens with zero attached hydrogens (tertiary/aromatic N) is 4. The molecule has 2 aliphatic rings. The van der Waals surface area contributed by atoms with E-state index in [0.717, 1.165) is 18.9 Å². The highest BCUT2D eigenvalue weighted by Gasteiger charge is 2.32. The van der Waals surface area contributed by atoms with Gasteiger partial charge in [0, 0.05) is 32.1 Å². The minimum Gasteiger partial charge on any atom is -0.485 e. The highest BCUT2D eigenvalue weighted by atomic mass is 16.6. The zero-order valence-corrected chi connectivity index (χ0v) is 15.6. The van der Waals surface area contributed by atoms with Crippen molar-refractivity contribution in [1.29, 1.82) is 0 Å². The van der Waals surface area contributed by atoms with Crippen LogP contribution in [-0.2, 0) is 11.3 Å². The Morgan fingerprint density at radius 2 is 1.93 bits per heavy atom. The number of aromatic nitrogens is 2. The first-order valence-electron chi connectivity index (χ1n) is 9.32. The summed E-state index contributed by atoms with van der Waals surface area (Å²) in [6.45, 7) is 7.73. The van der Waals surface area contributed by atoms with Crippen molar-refractivity contribution in [1.82, 2.24) is 19.9 Å². The molecular formula is C19H24N4O4. The van der Waals surface area contributed by atoms with E-state index in [1.165, 1.54) is 0 Å². The van der Waals surface area contributed by atoms with Crippen molar-refractivity contribution in [3.05, 3.63) is 36.0 Å². The molecule has 1 aromatic carbocycles. The van der Waals surface area contributed by atoms with Crippen LogP contribution in [0.5, 0.6) is 11.5 Å². The fourth-order valence-electron chi connectivity index (χ4n) is 3.23. The molecule has 0 spiro atoms. The predicted octanol–water partition coefficient (Wildman–Crippen LogP) is 1.68. The lowest BCUT2D eigenvalue weighted by atomic mass is 10.2. The number of amides is 1. The van der Waals surface area contributed by atoms with Crippen LogP contribution >= 0.6 is 0 Å². The number of hydrogen-bond acceptors (Lipinski definition) is 7. The molecule has 2 aromatic rings. The third-order valence-corrected chi connectivity index (χ3v) is 4.83. The summed E-state index contributed by atoms with van der Waals surface area (Å²) in [7, 11) is 0. The van der Waals surface area contributed by atoms with E-state index in [1.807, 2.05) is 43.0 Å². The number of carbonyl (C=O) groups excluding carboxylic acids is 1. The molecule has 0 aliphatic carbocycles. The molecule has 1 amide bonds. The Balaban J connectivity index is 1.29. The Kier molecular flexibility index (Phi) is 4.98. The van der Waals surface area contributed by atoms with Crippen LogP contribution in [0.15, 0.2) is 28.8 Å². The molecule has 4 rings (SSSR count). The van der Waals surface area contributed by atoms with Crippen molar-refractivity contribution in [2.24, 2.45) is 0 Å². The molecule has 2 aliphatic heterocycles. The molecule has 0 radical (unpaired) electrons. The molecule has 8 nitrogen and oxygen atoms in total. The fraction of sp³-hybridized carbons (Fsp3) is 0.526. The third-order valence-electron chi connectivity index (χ3n) is 4.83. The third kappa shape index (κ3) is 3.90. The van der Waals surface area contributed by atoms with E-state index >= 15 is 0 Å². The zero-order valence-electron chi connectivity index (χ0n) is 15.6. The van der Waals surface area contributed by atoms with Gasteiger partial charge >= 0.3 is 0 Å². The largest absolute Gasteiger partial charge is 0.485 e. The van der Waals surface area contributed by atoms with Gasteiger partial charge in [0.25, 0.3) is 5.91 Å². The van der Waals surface area contributed by atoms with E-state index in [4.69, 9.17) is 14.0 Å². The van der Waals surface area contributed by atoms with E-state index in [0.29, 0.717) is 37.0 Å². The SMILES string of the molecule is CC(C)c1noc(CN2CCN(C(=O)C3COc4ccccc4O3)CC2)n1. The fourth-order valence-corrected chi connectivity index (χ4v) is 3.23. The monoisotopic (exact) mass is 372 g/mol. The van der Waals surface area contributed by atoms with Crippen molar-refractivity contribution >= 4 is 5.91 Å². The topological polar surface area (TPSA) is 80.9 Å². The molecule has 0 saturated carbocycles. The van der Waals surface area contributed by atoms with Gasteiger partial charge in [-0.15, -0.1) is 0 Å². The number of piperazine rings is 1. The molecular weight excluding hydrogens is 348 g/mol. The Labute approximate surface area is 158 Å². The van der Waals surface area contributed by atoms with Crippen LogP contribution in [0.1, 0.15) is 31.5 Å². The first-order valence-corrected chi connectivity index (χ1v) is 9.32. The number of para-hydroxylation sites is 2. The summed E-state index contributed by atoms with van der Waals surface area (Å²) in [5.74, 6) is 2.89. The van der Waals surface area contributed by atoms with E-state index in [2.05, 4.69) is 15.0 Å². The lowest BCUT2D eigenvalue weighted by molar-refractivity contribution is -0.143. The molecule has 8 heteroatoms.